The highest BCUT2D eigenvalue weighted by molar-refractivity contribution is 14.1. The standard InChI is InChI=1S/C13H14IN3O2S/c14-10-3-1-9(2-4-10)12-7-13(15)17(16-12)11-5-6-20(18,19)8-11/h1-4,7,11H,5-6,8,15H2. The minimum absolute atomic E-state index is 0.130. The predicted molar refractivity (Wildman–Crippen MR) is 87.1 cm³/mol. The topological polar surface area (TPSA) is 78.0 Å². The molecule has 1 aromatic heterocycles. The molecule has 1 fully saturated rings. The molecule has 0 amide bonds. The highest BCUT2D eigenvalue weighted by Gasteiger charge is 2.30. The molecule has 1 aromatic carbocycles. The van der Waals surface area contributed by atoms with Crippen LogP contribution in [0.25, 0.3) is 11.3 Å². The third-order valence-corrected chi connectivity index (χ3v) is 5.93. The molecular weight excluding hydrogens is 389 g/mol. The minimum Gasteiger partial charge on any atom is -0.384 e. The molecule has 0 spiro atoms. The van der Waals surface area contributed by atoms with Crippen LogP contribution in [0, 0.1) is 3.57 Å². The number of halogens is 1. The van der Waals surface area contributed by atoms with Crippen LogP contribution in [0.1, 0.15) is 12.5 Å². The number of anilines is 1. The normalized spacial score (nSPS) is 21.1. The second kappa shape index (κ2) is 5.03. The smallest absolute Gasteiger partial charge is 0.152 e. The second-order valence-corrected chi connectivity index (χ2v) is 8.44. The molecule has 1 unspecified atom stereocenters. The van der Waals surface area contributed by atoms with Gasteiger partial charge in [0.05, 0.1) is 23.2 Å². The van der Waals surface area contributed by atoms with Gasteiger partial charge >= 0.3 is 0 Å². The van der Waals surface area contributed by atoms with E-state index in [9.17, 15) is 8.42 Å². The third kappa shape index (κ3) is 2.69. The summed E-state index contributed by atoms with van der Waals surface area (Å²) < 4.78 is 25.9. The van der Waals surface area contributed by atoms with E-state index >= 15 is 0 Å². The average molecular weight is 403 g/mol. The van der Waals surface area contributed by atoms with Crippen molar-refractivity contribution in [2.24, 2.45) is 0 Å². The van der Waals surface area contributed by atoms with Crippen LogP contribution >= 0.6 is 22.6 Å². The lowest BCUT2D eigenvalue weighted by molar-refractivity contribution is 0.508. The summed E-state index contributed by atoms with van der Waals surface area (Å²) in [7, 11) is -2.94. The van der Waals surface area contributed by atoms with E-state index < -0.39 is 9.84 Å². The largest absolute Gasteiger partial charge is 0.384 e. The lowest BCUT2D eigenvalue weighted by Gasteiger charge is -2.09. The molecular formula is C13H14IN3O2S. The van der Waals surface area contributed by atoms with Crippen molar-refractivity contribution in [1.29, 1.82) is 0 Å². The number of nitrogen functional groups attached to an aromatic ring is 1. The Balaban J connectivity index is 1.93. The Bertz CT molecular complexity index is 737. The molecule has 0 bridgehead atoms. The van der Waals surface area contributed by atoms with Crippen molar-refractivity contribution in [2.45, 2.75) is 12.5 Å². The summed E-state index contributed by atoms with van der Waals surface area (Å²) >= 11 is 2.25. The van der Waals surface area contributed by atoms with E-state index in [0.29, 0.717) is 12.2 Å². The number of nitrogens with zero attached hydrogens (tertiary/aromatic N) is 2. The SMILES string of the molecule is Nc1cc(-c2ccc(I)cc2)nn1C1CCS(=O)(=O)C1. The van der Waals surface area contributed by atoms with Crippen LogP contribution in [-0.4, -0.2) is 29.7 Å². The van der Waals surface area contributed by atoms with E-state index in [2.05, 4.69) is 27.7 Å². The van der Waals surface area contributed by atoms with Crippen LogP contribution in [-0.2, 0) is 9.84 Å². The fraction of sp³-hybridized carbons (Fsp3) is 0.308. The lowest BCUT2D eigenvalue weighted by atomic mass is 10.2. The number of nitrogens with two attached hydrogens (primary N) is 1. The van der Waals surface area contributed by atoms with Crippen molar-refractivity contribution in [3.05, 3.63) is 33.9 Å². The van der Waals surface area contributed by atoms with Gasteiger partial charge in [-0.05, 0) is 41.1 Å². The van der Waals surface area contributed by atoms with E-state index in [1.165, 1.54) is 0 Å². The maximum Gasteiger partial charge on any atom is 0.152 e. The van der Waals surface area contributed by atoms with Crippen LogP contribution in [0.2, 0.25) is 0 Å². The maximum atomic E-state index is 11.6. The monoisotopic (exact) mass is 403 g/mol. The molecule has 3 rings (SSSR count). The van der Waals surface area contributed by atoms with E-state index in [4.69, 9.17) is 5.73 Å². The molecule has 2 N–H and O–H groups in total. The number of hydrogen-bond acceptors (Lipinski definition) is 4. The summed E-state index contributed by atoms with van der Waals surface area (Å²) in [6.45, 7) is 0. The Labute approximate surface area is 131 Å². The van der Waals surface area contributed by atoms with Crippen molar-refractivity contribution in [3.63, 3.8) is 0 Å². The van der Waals surface area contributed by atoms with Gasteiger partial charge in [0.2, 0.25) is 0 Å². The molecule has 20 heavy (non-hydrogen) atoms. The highest BCUT2D eigenvalue weighted by Crippen LogP contribution is 2.29. The quantitative estimate of drug-likeness (QED) is 0.780. The number of rotatable bonds is 2. The van der Waals surface area contributed by atoms with Gasteiger partial charge in [0.25, 0.3) is 0 Å². The van der Waals surface area contributed by atoms with Gasteiger partial charge in [-0.2, -0.15) is 5.10 Å². The fourth-order valence-electron chi connectivity index (χ4n) is 2.43. The number of sulfone groups is 1. The average Bonchev–Trinajstić information content (AvgIpc) is 2.93. The molecule has 1 aliphatic rings. The molecule has 1 aliphatic heterocycles. The molecule has 2 heterocycles. The minimum atomic E-state index is -2.94. The molecule has 7 heteroatoms. The first-order valence-corrected chi connectivity index (χ1v) is 9.16. The molecule has 5 nitrogen and oxygen atoms in total. The van der Waals surface area contributed by atoms with E-state index in [1.807, 2.05) is 24.3 Å². The van der Waals surface area contributed by atoms with Crippen LogP contribution in [0.3, 0.4) is 0 Å². The van der Waals surface area contributed by atoms with Gasteiger partial charge in [0, 0.05) is 15.2 Å². The van der Waals surface area contributed by atoms with Crippen LogP contribution in [0.5, 0.6) is 0 Å². The summed E-state index contributed by atoms with van der Waals surface area (Å²) in [6, 6.07) is 9.64. The van der Waals surface area contributed by atoms with Crippen LogP contribution < -0.4 is 5.73 Å². The Morgan fingerprint density at radius 2 is 2.00 bits per heavy atom. The molecule has 106 valence electrons. The van der Waals surface area contributed by atoms with Crippen molar-refractivity contribution in [2.75, 3.05) is 17.2 Å². The summed E-state index contributed by atoms with van der Waals surface area (Å²) in [6.07, 6.45) is 0.584. The summed E-state index contributed by atoms with van der Waals surface area (Å²) in [5.74, 6) is 0.863. The molecule has 1 saturated heterocycles. The number of aromatic nitrogens is 2. The summed E-state index contributed by atoms with van der Waals surface area (Å²) in [5, 5.41) is 4.48. The number of hydrogen-bond donors (Lipinski definition) is 1. The highest BCUT2D eigenvalue weighted by atomic mass is 127. The van der Waals surface area contributed by atoms with Gasteiger partial charge in [0.1, 0.15) is 5.82 Å². The number of benzene rings is 1. The zero-order valence-electron chi connectivity index (χ0n) is 10.7. The first-order valence-electron chi connectivity index (χ1n) is 6.26. The third-order valence-electron chi connectivity index (χ3n) is 3.46. The Hall–Kier alpha value is -1.09. The van der Waals surface area contributed by atoms with Gasteiger partial charge < -0.3 is 5.73 Å². The maximum absolute atomic E-state index is 11.6. The molecule has 2 aromatic rings. The van der Waals surface area contributed by atoms with E-state index in [1.54, 1.807) is 10.7 Å². The van der Waals surface area contributed by atoms with Crippen molar-refractivity contribution in [3.8, 4) is 11.3 Å². The van der Waals surface area contributed by atoms with Crippen molar-refractivity contribution >= 4 is 38.2 Å². The molecule has 1 atom stereocenters. The first kappa shape index (κ1) is 13.9. The lowest BCUT2D eigenvalue weighted by Crippen LogP contribution is -2.14. The molecule has 0 radical (unpaired) electrons. The van der Waals surface area contributed by atoms with Crippen molar-refractivity contribution < 1.29 is 8.42 Å². The van der Waals surface area contributed by atoms with Gasteiger partial charge in [-0.25, -0.2) is 13.1 Å². The zero-order chi connectivity index (χ0) is 14.3. The summed E-state index contributed by atoms with van der Waals surface area (Å²) in [5.41, 5.74) is 7.74. The molecule has 0 aliphatic carbocycles. The van der Waals surface area contributed by atoms with Crippen LogP contribution in [0.4, 0.5) is 5.82 Å². The first-order chi connectivity index (χ1) is 9.44. The Morgan fingerprint density at radius 1 is 1.30 bits per heavy atom. The van der Waals surface area contributed by atoms with Gasteiger partial charge in [0.15, 0.2) is 9.84 Å². The van der Waals surface area contributed by atoms with Gasteiger partial charge in [-0.3, -0.25) is 0 Å². The van der Waals surface area contributed by atoms with Gasteiger partial charge in [-0.15, -0.1) is 0 Å². The van der Waals surface area contributed by atoms with Crippen LogP contribution in [0.15, 0.2) is 30.3 Å². The van der Waals surface area contributed by atoms with Gasteiger partial charge in [-0.1, -0.05) is 12.1 Å². The predicted octanol–water partition coefficient (Wildman–Crippen LogP) is 2.10. The van der Waals surface area contributed by atoms with E-state index in [0.717, 1.165) is 14.8 Å². The van der Waals surface area contributed by atoms with Crippen molar-refractivity contribution in [1.82, 2.24) is 9.78 Å². The second-order valence-electron chi connectivity index (χ2n) is 4.96. The summed E-state index contributed by atoms with van der Waals surface area (Å²) in [4.78, 5) is 0. The van der Waals surface area contributed by atoms with E-state index in [-0.39, 0.29) is 17.5 Å². The Morgan fingerprint density at radius 3 is 2.60 bits per heavy atom. The molecule has 0 saturated carbocycles. The fourth-order valence-corrected chi connectivity index (χ4v) is 4.48. The zero-order valence-corrected chi connectivity index (χ0v) is 13.6. The Kier molecular flexibility index (Phi) is 3.49.